The zero-order valence-corrected chi connectivity index (χ0v) is 17.8. The van der Waals surface area contributed by atoms with Gasteiger partial charge in [-0.25, -0.2) is 14.2 Å². The highest BCUT2D eigenvalue weighted by Crippen LogP contribution is 2.25. The Morgan fingerprint density at radius 1 is 1.03 bits per heavy atom. The summed E-state index contributed by atoms with van der Waals surface area (Å²) in [5.41, 5.74) is 1.55. The molecule has 3 amide bonds. The Kier molecular flexibility index (Phi) is 6.49. The number of urea groups is 1. The van der Waals surface area contributed by atoms with Crippen LogP contribution in [0.3, 0.4) is 0 Å². The van der Waals surface area contributed by atoms with Crippen LogP contribution in [0.1, 0.15) is 5.01 Å². The van der Waals surface area contributed by atoms with Crippen molar-refractivity contribution < 1.29 is 14.0 Å². The van der Waals surface area contributed by atoms with Crippen molar-refractivity contribution in [3.63, 3.8) is 0 Å². The van der Waals surface area contributed by atoms with Gasteiger partial charge in [0.2, 0.25) is 5.91 Å². The molecule has 0 radical (unpaired) electrons. The van der Waals surface area contributed by atoms with Crippen molar-refractivity contribution in [3.8, 4) is 0 Å². The number of fused-ring (bicyclic) bond motifs is 1. The van der Waals surface area contributed by atoms with Gasteiger partial charge in [0.25, 0.3) is 0 Å². The first kappa shape index (κ1) is 20.6. The molecule has 9 heteroatoms. The van der Waals surface area contributed by atoms with E-state index in [-0.39, 0.29) is 17.8 Å². The summed E-state index contributed by atoms with van der Waals surface area (Å²) in [7, 11) is 0. The van der Waals surface area contributed by atoms with Gasteiger partial charge in [-0.1, -0.05) is 12.1 Å². The third-order valence-corrected chi connectivity index (χ3v) is 6.95. The molecule has 0 unspecified atom stereocenters. The number of benzene rings is 2. The van der Waals surface area contributed by atoms with E-state index in [0.717, 1.165) is 15.2 Å². The molecule has 0 saturated carbocycles. The van der Waals surface area contributed by atoms with Crippen LogP contribution < -0.4 is 5.32 Å². The predicted octanol–water partition coefficient (Wildman–Crippen LogP) is 4.04. The second kappa shape index (κ2) is 9.44. The number of carbonyl (C=O) groups excluding carboxylic acids is 2. The van der Waals surface area contributed by atoms with E-state index in [9.17, 15) is 14.0 Å². The Bertz CT molecular complexity index is 1000. The predicted molar refractivity (Wildman–Crippen MR) is 119 cm³/mol. The van der Waals surface area contributed by atoms with Gasteiger partial charge < -0.3 is 15.1 Å². The molecule has 1 N–H and O–H groups in total. The van der Waals surface area contributed by atoms with Crippen molar-refractivity contribution in [1.82, 2.24) is 14.8 Å². The lowest BCUT2D eigenvalue weighted by Gasteiger charge is -2.34. The molecule has 0 atom stereocenters. The van der Waals surface area contributed by atoms with Gasteiger partial charge in [0.15, 0.2) is 0 Å². The molecular formula is C21H21FN4O2S2. The number of anilines is 1. The van der Waals surface area contributed by atoms with Crippen LogP contribution in [-0.2, 0) is 10.5 Å². The quantitative estimate of drug-likeness (QED) is 0.645. The molecular weight excluding hydrogens is 423 g/mol. The fourth-order valence-electron chi connectivity index (χ4n) is 3.19. The topological polar surface area (TPSA) is 65.5 Å². The third kappa shape index (κ3) is 5.09. The summed E-state index contributed by atoms with van der Waals surface area (Å²) in [6, 6.07) is 13.4. The molecule has 156 valence electrons. The van der Waals surface area contributed by atoms with Gasteiger partial charge >= 0.3 is 6.03 Å². The van der Waals surface area contributed by atoms with E-state index < -0.39 is 0 Å². The number of amides is 3. The average molecular weight is 445 g/mol. The van der Waals surface area contributed by atoms with E-state index in [1.807, 2.05) is 18.2 Å². The fourth-order valence-corrected chi connectivity index (χ4v) is 5.14. The number of hydrogen-bond acceptors (Lipinski definition) is 5. The summed E-state index contributed by atoms with van der Waals surface area (Å²) in [6.45, 7) is 1.97. The van der Waals surface area contributed by atoms with Gasteiger partial charge in [0.05, 0.1) is 16.0 Å². The molecule has 2 aromatic carbocycles. The van der Waals surface area contributed by atoms with Crippen LogP contribution >= 0.6 is 23.1 Å². The summed E-state index contributed by atoms with van der Waals surface area (Å²) >= 11 is 3.23. The summed E-state index contributed by atoms with van der Waals surface area (Å²) in [4.78, 5) is 32.9. The van der Waals surface area contributed by atoms with E-state index in [4.69, 9.17) is 0 Å². The number of halogens is 1. The molecule has 30 heavy (non-hydrogen) atoms. The van der Waals surface area contributed by atoms with Gasteiger partial charge in [0, 0.05) is 37.6 Å². The maximum Gasteiger partial charge on any atom is 0.321 e. The minimum absolute atomic E-state index is 0.0831. The molecule has 1 aliphatic heterocycles. The average Bonchev–Trinajstić information content (AvgIpc) is 3.18. The summed E-state index contributed by atoms with van der Waals surface area (Å²) < 4.78 is 14.1. The number of thiazole rings is 1. The Labute approximate surface area is 182 Å². The van der Waals surface area contributed by atoms with Gasteiger partial charge in [-0.3, -0.25) is 4.79 Å². The Morgan fingerprint density at radius 2 is 1.73 bits per heavy atom. The number of nitrogens with one attached hydrogen (secondary N) is 1. The van der Waals surface area contributed by atoms with Gasteiger partial charge in [-0.05, 0) is 36.4 Å². The number of thioether (sulfide) groups is 1. The molecule has 1 aromatic heterocycles. The molecule has 0 spiro atoms. The molecule has 1 aliphatic rings. The van der Waals surface area contributed by atoms with Crippen LogP contribution in [0.15, 0.2) is 48.5 Å². The minimum atomic E-state index is -0.346. The standard InChI is InChI=1S/C21H21FN4O2S2/c22-15-5-7-16(8-6-15)23-21(28)26-11-9-25(10-12-26)20(27)14-29-13-19-24-17-3-1-2-4-18(17)30-19/h1-8H,9-14H2,(H,23,28). The summed E-state index contributed by atoms with van der Waals surface area (Å²) in [5, 5.41) is 3.78. The number of aromatic nitrogens is 1. The van der Waals surface area contributed by atoms with E-state index in [1.54, 1.807) is 32.9 Å². The normalized spacial score (nSPS) is 14.2. The van der Waals surface area contributed by atoms with E-state index >= 15 is 0 Å². The van der Waals surface area contributed by atoms with Gasteiger partial charge in [0.1, 0.15) is 10.8 Å². The first-order valence-electron chi connectivity index (χ1n) is 9.60. The Hall–Kier alpha value is -2.65. The lowest BCUT2D eigenvalue weighted by atomic mass is 10.3. The van der Waals surface area contributed by atoms with Crippen LogP contribution in [-0.4, -0.2) is 58.7 Å². The smallest absolute Gasteiger partial charge is 0.321 e. The van der Waals surface area contributed by atoms with Crippen molar-refractivity contribution in [2.75, 3.05) is 37.2 Å². The van der Waals surface area contributed by atoms with Crippen LogP contribution in [0.5, 0.6) is 0 Å². The maximum absolute atomic E-state index is 13.0. The SMILES string of the molecule is O=C(CSCc1nc2ccccc2s1)N1CCN(C(=O)Nc2ccc(F)cc2)CC1. The highest BCUT2D eigenvalue weighted by Gasteiger charge is 2.24. The summed E-state index contributed by atoms with van der Waals surface area (Å²) in [5.74, 6) is 0.851. The summed E-state index contributed by atoms with van der Waals surface area (Å²) in [6.07, 6.45) is 0. The van der Waals surface area contributed by atoms with Crippen molar-refractivity contribution in [3.05, 3.63) is 59.4 Å². The molecule has 1 saturated heterocycles. The van der Waals surface area contributed by atoms with E-state index in [2.05, 4.69) is 16.4 Å². The van der Waals surface area contributed by atoms with Crippen LogP contribution in [0.25, 0.3) is 10.2 Å². The molecule has 4 rings (SSSR count). The molecule has 0 bridgehead atoms. The van der Waals surface area contributed by atoms with Crippen LogP contribution in [0, 0.1) is 5.82 Å². The molecule has 6 nitrogen and oxygen atoms in total. The van der Waals surface area contributed by atoms with Gasteiger partial charge in [-0.2, -0.15) is 0 Å². The lowest BCUT2D eigenvalue weighted by Crippen LogP contribution is -2.52. The largest absolute Gasteiger partial charge is 0.338 e. The van der Waals surface area contributed by atoms with E-state index in [0.29, 0.717) is 43.4 Å². The molecule has 1 fully saturated rings. The maximum atomic E-state index is 13.0. The van der Waals surface area contributed by atoms with Crippen molar-refractivity contribution in [2.45, 2.75) is 5.75 Å². The first-order valence-corrected chi connectivity index (χ1v) is 11.6. The number of piperazine rings is 1. The van der Waals surface area contributed by atoms with Crippen LogP contribution in [0.4, 0.5) is 14.9 Å². The lowest BCUT2D eigenvalue weighted by molar-refractivity contribution is -0.129. The molecule has 2 heterocycles. The van der Waals surface area contributed by atoms with Crippen LogP contribution in [0.2, 0.25) is 0 Å². The third-order valence-electron chi connectivity index (χ3n) is 4.80. The zero-order chi connectivity index (χ0) is 20.9. The van der Waals surface area contributed by atoms with Crippen molar-refractivity contribution in [2.24, 2.45) is 0 Å². The highest BCUT2D eigenvalue weighted by atomic mass is 32.2. The number of para-hydroxylation sites is 1. The second-order valence-corrected chi connectivity index (χ2v) is 8.97. The number of carbonyl (C=O) groups is 2. The second-order valence-electron chi connectivity index (χ2n) is 6.87. The Morgan fingerprint density at radius 3 is 2.47 bits per heavy atom. The highest BCUT2D eigenvalue weighted by molar-refractivity contribution is 7.99. The number of hydrogen-bond donors (Lipinski definition) is 1. The number of rotatable bonds is 5. The molecule has 3 aromatic rings. The monoisotopic (exact) mass is 444 g/mol. The number of nitrogens with zero attached hydrogens (tertiary/aromatic N) is 3. The fraction of sp³-hybridized carbons (Fsp3) is 0.286. The minimum Gasteiger partial charge on any atom is -0.338 e. The van der Waals surface area contributed by atoms with Crippen molar-refractivity contribution >= 4 is 50.9 Å². The zero-order valence-electron chi connectivity index (χ0n) is 16.2. The van der Waals surface area contributed by atoms with Gasteiger partial charge in [-0.15, -0.1) is 23.1 Å². The Balaban J connectivity index is 1.20. The van der Waals surface area contributed by atoms with Crippen molar-refractivity contribution in [1.29, 1.82) is 0 Å². The first-order chi connectivity index (χ1) is 14.6. The van der Waals surface area contributed by atoms with E-state index in [1.165, 1.54) is 24.3 Å². The molecule has 0 aliphatic carbocycles.